The Labute approximate surface area is 117 Å². The highest BCUT2D eigenvalue weighted by Gasteiger charge is 2.24. The molecule has 2 rings (SSSR count). The van der Waals surface area contributed by atoms with Gasteiger partial charge in [-0.15, -0.1) is 0 Å². The van der Waals surface area contributed by atoms with Crippen LogP contribution in [-0.2, 0) is 16.6 Å². The van der Waals surface area contributed by atoms with Gasteiger partial charge in [-0.3, -0.25) is 4.68 Å². The maximum absolute atomic E-state index is 12.0. The first-order valence-corrected chi connectivity index (χ1v) is 6.23. The summed E-state index contributed by atoms with van der Waals surface area (Å²) in [4.78, 5) is 12.0. The molecule has 1 heterocycles. The topological polar surface area (TPSA) is 82.2 Å². The number of esters is 1. The summed E-state index contributed by atoms with van der Waals surface area (Å²) in [5.41, 5.74) is 8.02. The molecule has 0 amide bonds. The Balaban J connectivity index is 2.36. The van der Waals surface area contributed by atoms with E-state index in [4.69, 9.17) is 10.5 Å². The molecule has 1 unspecified atom stereocenters. The summed E-state index contributed by atoms with van der Waals surface area (Å²) >= 11 is 0. The Hall–Kier alpha value is -2.50. The number of carbonyl (C=O) groups is 1. The number of nitrogen functional groups attached to an aromatic ring is 1. The average Bonchev–Trinajstić information content (AvgIpc) is 2.70. The molecule has 0 saturated carbocycles. The quantitative estimate of drug-likeness (QED) is 0.828. The van der Waals surface area contributed by atoms with E-state index in [-0.39, 0.29) is 5.97 Å². The number of hydrogen-bond donors (Lipinski definition) is 2. The van der Waals surface area contributed by atoms with Crippen molar-refractivity contribution in [3.63, 3.8) is 0 Å². The highest BCUT2D eigenvalue weighted by Crippen LogP contribution is 2.26. The van der Waals surface area contributed by atoms with Crippen LogP contribution >= 0.6 is 0 Å². The first-order valence-electron chi connectivity index (χ1n) is 6.23. The van der Waals surface area contributed by atoms with E-state index in [9.17, 15) is 4.79 Å². The summed E-state index contributed by atoms with van der Waals surface area (Å²) in [5.74, 6) is 0.219. The number of anilines is 2. The van der Waals surface area contributed by atoms with Crippen molar-refractivity contribution in [2.24, 2.45) is 7.05 Å². The third-order valence-corrected chi connectivity index (χ3v) is 3.12. The predicted molar refractivity (Wildman–Crippen MR) is 77.2 cm³/mol. The lowest BCUT2D eigenvalue weighted by atomic mass is 10.1. The molecule has 0 fully saturated rings. The van der Waals surface area contributed by atoms with Crippen molar-refractivity contribution in [3.8, 4) is 0 Å². The molecule has 0 radical (unpaired) electrons. The Morgan fingerprint density at radius 2 is 2.05 bits per heavy atom. The molecule has 20 heavy (non-hydrogen) atoms. The third-order valence-electron chi connectivity index (χ3n) is 3.12. The maximum atomic E-state index is 12.0. The molecule has 0 saturated heterocycles. The first-order chi connectivity index (χ1) is 9.54. The van der Waals surface area contributed by atoms with Gasteiger partial charge in [0.15, 0.2) is 6.04 Å². The zero-order valence-electron chi connectivity index (χ0n) is 11.8. The minimum absolute atomic E-state index is 0.380. The van der Waals surface area contributed by atoms with Gasteiger partial charge < -0.3 is 15.8 Å². The van der Waals surface area contributed by atoms with Gasteiger partial charge in [0.25, 0.3) is 0 Å². The number of nitrogens with zero attached hydrogens (tertiary/aromatic N) is 2. The van der Waals surface area contributed by atoms with Crippen LogP contribution in [0.4, 0.5) is 11.5 Å². The number of benzene rings is 1. The zero-order chi connectivity index (χ0) is 14.7. The Morgan fingerprint density at radius 3 is 2.55 bits per heavy atom. The molecule has 6 nitrogen and oxygen atoms in total. The second-order valence-electron chi connectivity index (χ2n) is 4.48. The van der Waals surface area contributed by atoms with E-state index < -0.39 is 6.04 Å². The molecule has 1 aromatic carbocycles. The van der Waals surface area contributed by atoms with Crippen molar-refractivity contribution >= 4 is 17.5 Å². The molecule has 2 aromatic rings. The first kappa shape index (κ1) is 13.9. The van der Waals surface area contributed by atoms with Gasteiger partial charge in [-0.1, -0.05) is 30.3 Å². The number of ether oxygens (including phenoxy) is 1. The van der Waals surface area contributed by atoms with Gasteiger partial charge >= 0.3 is 5.97 Å². The SMILES string of the molecule is COC(=O)C(Nc1c(N)c(C)nn1C)c1ccccc1. The molecular formula is C14H18N4O2. The Morgan fingerprint density at radius 1 is 1.40 bits per heavy atom. The van der Waals surface area contributed by atoms with Crippen LogP contribution in [0, 0.1) is 6.92 Å². The van der Waals surface area contributed by atoms with Crippen molar-refractivity contribution in [2.45, 2.75) is 13.0 Å². The van der Waals surface area contributed by atoms with Crippen LogP contribution in [0.5, 0.6) is 0 Å². The standard InChI is InChI=1S/C14H18N4O2/c1-9-11(15)13(18(2)17-9)16-12(14(19)20-3)10-7-5-4-6-8-10/h4-8,12,16H,15H2,1-3H3. The van der Waals surface area contributed by atoms with Gasteiger partial charge in [0.2, 0.25) is 0 Å². The number of aromatic nitrogens is 2. The fourth-order valence-corrected chi connectivity index (χ4v) is 2.02. The van der Waals surface area contributed by atoms with E-state index in [0.29, 0.717) is 17.2 Å². The van der Waals surface area contributed by atoms with Crippen LogP contribution in [0.1, 0.15) is 17.3 Å². The maximum Gasteiger partial charge on any atom is 0.333 e. The van der Waals surface area contributed by atoms with E-state index in [1.54, 1.807) is 11.7 Å². The molecule has 1 atom stereocenters. The number of aryl methyl sites for hydroxylation is 2. The van der Waals surface area contributed by atoms with Crippen LogP contribution in [0.3, 0.4) is 0 Å². The molecule has 0 spiro atoms. The van der Waals surface area contributed by atoms with Gasteiger partial charge in [0.1, 0.15) is 5.82 Å². The Kier molecular flexibility index (Phi) is 3.93. The number of carbonyl (C=O) groups excluding carboxylic acids is 1. The largest absolute Gasteiger partial charge is 0.467 e. The molecule has 1 aromatic heterocycles. The van der Waals surface area contributed by atoms with E-state index in [2.05, 4.69) is 10.4 Å². The smallest absolute Gasteiger partial charge is 0.333 e. The monoisotopic (exact) mass is 274 g/mol. The van der Waals surface area contributed by atoms with E-state index in [1.165, 1.54) is 7.11 Å². The number of nitrogens with two attached hydrogens (primary N) is 1. The Bertz CT molecular complexity index is 607. The lowest BCUT2D eigenvalue weighted by Gasteiger charge is -2.18. The van der Waals surface area contributed by atoms with Crippen molar-refractivity contribution in [2.75, 3.05) is 18.2 Å². The van der Waals surface area contributed by atoms with Gasteiger partial charge in [-0.2, -0.15) is 5.10 Å². The fraction of sp³-hybridized carbons (Fsp3) is 0.286. The van der Waals surface area contributed by atoms with Crippen LogP contribution in [0.25, 0.3) is 0 Å². The van der Waals surface area contributed by atoms with Gasteiger partial charge in [-0.25, -0.2) is 4.79 Å². The highest BCUT2D eigenvalue weighted by molar-refractivity contribution is 5.82. The number of rotatable bonds is 4. The summed E-state index contributed by atoms with van der Waals surface area (Å²) in [6, 6.07) is 8.70. The molecular weight excluding hydrogens is 256 g/mol. The van der Waals surface area contributed by atoms with Crippen molar-refractivity contribution in [3.05, 3.63) is 41.6 Å². The summed E-state index contributed by atoms with van der Waals surface area (Å²) in [6.07, 6.45) is 0. The van der Waals surface area contributed by atoms with Crippen molar-refractivity contribution in [1.82, 2.24) is 9.78 Å². The zero-order valence-corrected chi connectivity index (χ0v) is 11.8. The van der Waals surface area contributed by atoms with Crippen LogP contribution in [0.2, 0.25) is 0 Å². The second-order valence-corrected chi connectivity index (χ2v) is 4.48. The highest BCUT2D eigenvalue weighted by atomic mass is 16.5. The molecule has 6 heteroatoms. The van der Waals surface area contributed by atoms with E-state index in [1.807, 2.05) is 37.3 Å². The predicted octanol–water partition coefficient (Wildman–Crippen LogP) is 1.64. The van der Waals surface area contributed by atoms with E-state index >= 15 is 0 Å². The lowest BCUT2D eigenvalue weighted by molar-refractivity contribution is -0.141. The molecule has 0 aliphatic rings. The minimum Gasteiger partial charge on any atom is -0.467 e. The molecule has 0 aliphatic heterocycles. The fourth-order valence-electron chi connectivity index (χ4n) is 2.02. The van der Waals surface area contributed by atoms with Crippen molar-refractivity contribution in [1.29, 1.82) is 0 Å². The second kappa shape index (κ2) is 5.64. The van der Waals surface area contributed by atoms with Crippen LogP contribution < -0.4 is 11.1 Å². The van der Waals surface area contributed by atoms with Crippen molar-refractivity contribution < 1.29 is 9.53 Å². The van der Waals surface area contributed by atoms with E-state index in [0.717, 1.165) is 5.56 Å². The van der Waals surface area contributed by atoms with Crippen LogP contribution in [0.15, 0.2) is 30.3 Å². The van der Waals surface area contributed by atoms with Gasteiger partial charge in [-0.05, 0) is 12.5 Å². The average molecular weight is 274 g/mol. The molecule has 106 valence electrons. The van der Waals surface area contributed by atoms with Gasteiger partial charge in [0.05, 0.1) is 18.5 Å². The summed E-state index contributed by atoms with van der Waals surface area (Å²) < 4.78 is 6.47. The minimum atomic E-state index is -0.627. The summed E-state index contributed by atoms with van der Waals surface area (Å²) in [5, 5.41) is 7.32. The number of nitrogens with one attached hydrogen (secondary N) is 1. The lowest BCUT2D eigenvalue weighted by Crippen LogP contribution is -2.23. The van der Waals surface area contributed by atoms with Crippen LogP contribution in [-0.4, -0.2) is 22.9 Å². The molecule has 0 bridgehead atoms. The third kappa shape index (κ3) is 2.59. The normalized spacial score (nSPS) is 11.9. The molecule has 0 aliphatic carbocycles. The molecule has 3 N–H and O–H groups in total. The number of hydrogen-bond acceptors (Lipinski definition) is 5. The summed E-state index contributed by atoms with van der Waals surface area (Å²) in [7, 11) is 3.13. The summed E-state index contributed by atoms with van der Waals surface area (Å²) in [6.45, 7) is 1.82. The number of methoxy groups -OCH3 is 1. The van der Waals surface area contributed by atoms with Gasteiger partial charge in [0, 0.05) is 7.05 Å².